The third kappa shape index (κ3) is 4.09. The van der Waals surface area contributed by atoms with Gasteiger partial charge in [-0.15, -0.1) is 0 Å². The Labute approximate surface area is 125 Å². The minimum atomic E-state index is -1.05. The van der Waals surface area contributed by atoms with Crippen LogP contribution >= 0.6 is 0 Å². The molecule has 1 aliphatic heterocycles. The largest absolute Gasteiger partial charge is 0.480 e. The maximum absolute atomic E-state index is 12.2. The van der Waals surface area contributed by atoms with E-state index in [4.69, 9.17) is 5.11 Å². The Bertz CT molecular complexity index is 380. The molecule has 2 atom stereocenters. The number of amides is 2. The van der Waals surface area contributed by atoms with E-state index in [0.29, 0.717) is 0 Å². The third-order valence-electron chi connectivity index (χ3n) is 4.70. The molecule has 0 aromatic heterocycles. The number of carboxylic acids is 1. The molecular weight excluding hydrogens is 272 g/mol. The summed E-state index contributed by atoms with van der Waals surface area (Å²) in [7, 11) is 0. The van der Waals surface area contributed by atoms with Crippen LogP contribution in [0.3, 0.4) is 0 Å². The Balaban J connectivity index is 1.83. The van der Waals surface area contributed by atoms with Crippen LogP contribution < -0.4 is 5.32 Å². The lowest BCUT2D eigenvalue weighted by molar-refractivity contribution is -0.141. The number of carboxylic acid groups (broad SMARTS) is 1. The average Bonchev–Trinajstić information content (AvgIpc) is 2.84. The van der Waals surface area contributed by atoms with E-state index >= 15 is 0 Å². The number of carbonyl (C=O) groups excluding carboxylic acids is 1. The molecule has 2 fully saturated rings. The van der Waals surface area contributed by atoms with Crippen LogP contribution in [0.25, 0.3) is 0 Å². The van der Waals surface area contributed by atoms with E-state index in [1.54, 1.807) is 0 Å². The molecule has 2 aliphatic rings. The van der Waals surface area contributed by atoms with Crippen molar-refractivity contribution in [1.29, 1.82) is 0 Å². The molecule has 6 heteroatoms. The van der Waals surface area contributed by atoms with E-state index in [0.717, 1.165) is 31.6 Å². The molecule has 0 aromatic carbocycles. The topological polar surface area (TPSA) is 89.9 Å². The molecule has 0 radical (unpaired) electrons. The fourth-order valence-corrected chi connectivity index (χ4v) is 3.53. The van der Waals surface area contributed by atoms with Crippen LogP contribution in [0.1, 0.15) is 51.9 Å². The number of urea groups is 1. The monoisotopic (exact) mass is 298 g/mol. The summed E-state index contributed by atoms with van der Waals surface area (Å²) in [6.45, 7) is 2.30. The van der Waals surface area contributed by atoms with Gasteiger partial charge in [0.25, 0.3) is 0 Å². The first-order valence-corrected chi connectivity index (χ1v) is 7.99. The quantitative estimate of drug-likeness (QED) is 0.735. The van der Waals surface area contributed by atoms with Crippen LogP contribution in [0.5, 0.6) is 0 Å². The van der Waals surface area contributed by atoms with Crippen LogP contribution in [-0.2, 0) is 4.79 Å². The van der Waals surface area contributed by atoms with Gasteiger partial charge in [0.05, 0.1) is 6.10 Å². The smallest absolute Gasteiger partial charge is 0.326 e. The summed E-state index contributed by atoms with van der Waals surface area (Å²) < 4.78 is 0. The molecule has 0 aromatic rings. The van der Waals surface area contributed by atoms with Crippen molar-refractivity contribution in [3.8, 4) is 0 Å². The Morgan fingerprint density at radius 2 is 1.90 bits per heavy atom. The number of aliphatic hydroxyl groups is 1. The number of hydrogen-bond acceptors (Lipinski definition) is 3. The van der Waals surface area contributed by atoms with Gasteiger partial charge in [-0.1, -0.05) is 19.8 Å². The molecule has 21 heavy (non-hydrogen) atoms. The lowest BCUT2D eigenvalue weighted by Crippen LogP contribution is -2.50. The van der Waals surface area contributed by atoms with Crippen LogP contribution in [0.4, 0.5) is 4.79 Å². The lowest BCUT2D eigenvalue weighted by Gasteiger charge is -2.31. The lowest BCUT2D eigenvalue weighted by atomic mass is 9.83. The third-order valence-corrected chi connectivity index (χ3v) is 4.70. The van der Waals surface area contributed by atoms with Gasteiger partial charge >= 0.3 is 12.0 Å². The number of aliphatic hydroxyl groups excluding tert-OH is 1. The summed E-state index contributed by atoms with van der Waals surface area (Å²) in [5, 5.41) is 21.6. The van der Waals surface area contributed by atoms with Crippen LogP contribution in [0.2, 0.25) is 0 Å². The SMILES string of the molecule is CCCC1CCC(NC(=O)N2CC(O)C[C@H]2C(=O)O)CC1. The van der Waals surface area contributed by atoms with Crippen LogP contribution in [0, 0.1) is 5.92 Å². The van der Waals surface area contributed by atoms with Crippen molar-refractivity contribution in [2.75, 3.05) is 6.54 Å². The fraction of sp³-hybridized carbons (Fsp3) is 0.867. The summed E-state index contributed by atoms with van der Waals surface area (Å²) in [6.07, 6.45) is 6.01. The molecule has 0 bridgehead atoms. The molecule has 6 nitrogen and oxygen atoms in total. The number of hydrogen-bond donors (Lipinski definition) is 3. The van der Waals surface area contributed by atoms with Gasteiger partial charge < -0.3 is 20.4 Å². The molecule has 1 saturated carbocycles. The highest BCUT2D eigenvalue weighted by atomic mass is 16.4. The van der Waals surface area contributed by atoms with Gasteiger partial charge in [0, 0.05) is 19.0 Å². The van der Waals surface area contributed by atoms with Gasteiger partial charge in [-0.3, -0.25) is 0 Å². The zero-order valence-corrected chi connectivity index (χ0v) is 12.6. The van der Waals surface area contributed by atoms with Gasteiger partial charge in [0.2, 0.25) is 0 Å². The molecule has 2 rings (SSSR count). The van der Waals surface area contributed by atoms with Crippen molar-refractivity contribution in [2.24, 2.45) is 5.92 Å². The minimum Gasteiger partial charge on any atom is -0.480 e. The van der Waals surface area contributed by atoms with Crippen LogP contribution in [-0.4, -0.2) is 51.8 Å². The zero-order chi connectivity index (χ0) is 15.4. The minimum absolute atomic E-state index is 0.105. The molecule has 3 N–H and O–H groups in total. The van der Waals surface area contributed by atoms with E-state index < -0.39 is 18.1 Å². The first-order chi connectivity index (χ1) is 10.0. The highest BCUT2D eigenvalue weighted by Crippen LogP contribution is 2.28. The zero-order valence-electron chi connectivity index (χ0n) is 12.6. The molecule has 1 aliphatic carbocycles. The summed E-state index contributed by atoms with van der Waals surface area (Å²) in [6, 6.07) is -1.12. The fourth-order valence-electron chi connectivity index (χ4n) is 3.53. The second-order valence-electron chi connectivity index (χ2n) is 6.35. The summed E-state index contributed by atoms with van der Waals surface area (Å²) in [4.78, 5) is 24.6. The summed E-state index contributed by atoms with van der Waals surface area (Å²) >= 11 is 0. The Hall–Kier alpha value is -1.30. The van der Waals surface area contributed by atoms with E-state index in [9.17, 15) is 14.7 Å². The number of aliphatic carboxylic acids is 1. The Kier molecular flexibility index (Phi) is 5.45. The number of likely N-dealkylation sites (tertiary alicyclic amines) is 1. The standard InChI is InChI=1S/C15H26N2O4/c1-2-3-10-4-6-11(7-5-10)16-15(21)17-9-12(18)8-13(17)14(19)20/h10-13,18H,2-9H2,1H3,(H,16,21)(H,19,20)/t10?,11?,12?,13-/m0/s1. The predicted molar refractivity (Wildman–Crippen MR) is 77.9 cm³/mol. The van der Waals surface area contributed by atoms with E-state index in [-0.39, 0.29) is 25.0 Å². The van der Waals surface area contributed by atoms with Crippen molar-refractivity contribution >= 4 is 12.0 Å². The first-order valence-electron chi connectivity index (χ1n) is 7.99. The average molecular weight is 298 g/mol. The number of carbonyl (C=O) groups is 2. The maximum Gasteiger partial charge on any atom is 0.326 e. The van der Waals surface area contributed by atoms with Crippen molar-refractivity contribution in [3.05, 3.63) is 0 Å². The van der Waals surface area contributed by atoms with Gasteiger partial charge in [-0.25, -0.2) is 9.59 Å². The summed E-state index contributed by atoms with van der Waals surface area (Å²) in [5.74, 6) is -0.281. The molecule has 2 amide bonds. The normalized spacial score (nSPS) is 33.0. The second-order valence-corrected chi connectivity index (χ2v) is 6.35. The molecule has 1 heterocycles. The number of β-amino-alcohol motifs (C(OH)–C–C–N with tert-alkyl or cyclic N) is 1. The first kappa shape index (κ1) is 16.1. The van der Waals surface area contributed by atoms with Crippen LogP contribution in [0.15, 0.2) is 0 Å². The number of nitrogens with one attached hydrogen (secondary N) is 1. The second kappa shape index (κ2) is 7.11. The van der Waals surface area contributed by atoms with Gasteiger partial charge in [-0.05, 0) is 31.6 Å². The molecule has 1 unspecified atom stereocenters. The van der Waals surface area contributed by atoms with Crippen molar-refractivity contribution in [3.63, 3.8) is 0 Å². The van der Waals surface area contributed by atoms with E-state index in [1.165, 1.54) is 17.7 Å². The highest BCUT2D eigenvalue weighted by molar-refractivity contribution is 5.83. The molecule has 120 valence electrons. The number of nitrogens with zero attached hydrogens (tertiary/aromatic N) is 1. The molecule has 0 spiro atoms. The summed E-state index contributed by atoms with van der Waals surface area (Å²) in [5.41, 5.74) is 0. The van der Waals surface area contributed by atoms with Crippen molar-refractivity contribution in [1.82, 2.24) is 10.2 Å². The molecule has 1 saturated heterocycles. The Morgan fingerprint density at radius 1 is 1.24 bits per heavy atom. The van der Waals surface area contributed by atoms with Crippen molar-refractivity contribution in [2.45, 2.75) is 70.1 Å². The van der Waals surface area contributed by atoms with Gasteiger partial charge in [0.1, 0.15) is 6.04 Å². The van der Waals surface area contributed by atoms with E-state index in [1.807, 2.05) is 0 Å². The molecular formula is C15H26N2O4. The highest BCUT2D eigenvalue weighted by Gasteiger charge is 2.39. The maximum atomic E-state index is 12.2. The number of rotatable bonds is 4. The van der Waals surface area contributed by atoms with E-state index in [2.05, 4.69) is 12.2 Å². The van der Waals surface area contributed by atoms with Crippen molar-refractivity contribution < 1.29 is 19.8 Å². The Morgan fingerprint density at radius 3 is 2.48 bits per heavy atom. The van der Waals surface area contributed by atoms with Gasteiger partial charge in [-0.2, -0.15) is 0 Å². The van der Waals surface area contributed by atoms with Gasteiger partial charge in [0.15, 0.2) is 0 Å². The predicted octanol–water partition coefficient (Wildman–Crippen LogP) is 1.57.